The van der Waals surface area contributed by atoms with E-state index in [4.69, 9.17) is 5.73 Å². The molecule has 0 aromatic heterocycles. The molecule has 3 rings (SSSR count). The van der Waals surface area contributed by atoms with Gasteiger partial charge >= 0.3 is 0 Å². The molecule has 1 saturated carbocycles. The number of hydrogen-bond donors (Lipinski definition) is 1. The van der Waals surface area contributed by atoms with Gasteiger partial charge in [-0.05, 0) is 43.7 Å². The number of rotatable bonds is 0. The highest BCUT2D eigenvalue weighted by atomic mass is 14.8. The van der Waals surface area contributed by atoms with Gasteiger partial charge in [-0.3, -0.25) is 0 Å². The summed E-state index contributed by atoms with van der Waals surface area (Å²) >= 11 is 0. The number of aryl methyl sites for hydroxylation is 2. The zero-order valence-electron chi connectivity index (χ0n) is 8.72. The minimum Gasteiger partial charge on any atom is -0.327 e. The molecular formula is C13H17N. The maximum Gasteiger partial charge on any atom is 0.0140 e. The van der Waals surface area contributed by atoms with Crippen LogP contribution in [-0.2, 0) is 11.8 Å². The number of nitrogens with two attached hydrogens (primary N) is 1. The van der Waals surface area contributed by atoms with Crippen LogP contribution in [0.2, 0.25) is 0 Å². The van der Waals surface area contributed by atoms with Crippen molar-refractivity contribution in [2.45, 2.75) is 44.1 Å². The van der Waals surface area contributed by atoms with Gasteiger partial charge in [-0.25, -0.2) is 0 Å². The van der Waals surface area contributed by atoms with Crippen LogP contribution in [0.25, 0.3) is 0 Å². The van der Waals surface area contributed by atoms with E-state index in [9.17, 15) is 0 Å². The minimum absolute atomic E-state index is 0.390. The van der Waals surface area contributed by atoms with E-state index in [1.807, 2.05) is 0 Å². The van der Waals surface area contributed by atoms with Crippen LogP contribution < -0.4 is 5.73 Å². The van der Waals surface area contributed by atoms with E-state index in [1.165, 1.54) is 31.2 Å². The maximum absolute atomic E-state index is 6.23. The van der Waals surface area contributed by atoms with E-state index < -0.39 is 0 Å². The zero-order chi connectivity index (χ0) is 9.76. The molecule has 74 valence electrons. The van der Waals surface area contributed by atoms with Crippen molar-refractivity contribution in [1.29, 1.82) is 0 Å². The van der Waals surface area contributed by atoms with Gasteiger partial charge in [0.25, 0.3) is 0 Å². The molecular weight excluding hydrogens is 170 g/mol. The predicted octanol–water partition coefficient (Wildman–Crippen LogP) is 2.30. The third-order valence-electron chi connectivity index (χ3n) is 4.02. The smallest absolute Gasteiger partial charge is 0.0140 e. The molecule has 1 aromatic carbocycles. The third kappa shape index (κ3) is 0.992. The van der Waals surface area contributed by atoms with Crippen molar-refractivity contribution in [3.8, 4) is 0 Å². The van der Waals surface area contributed by atoms with E-state index >= 15 is 0 Å². The second kappa shape index (κ2) is 2.60. The summed E-state index contributed by atoms with van der Waals surface area (Å²) < 4.78 is 0. The van der Waals surface area contributed by atoms with Crippen LogP contribution in [0.1, 0.15) is 36.0 Å². The SMILES string of the molecule is Cc1ccc2c(c1)CCC(N)C21CC1. The summed E-state index contributed by atoms with van der Waals surface area (Å²) in [7, 11) is 0. The molecule has 1 unspecified atom stereocenters. The van der Waals surface area contributed by atoms with Crippen molar-refractivity contribution < 1.29 is 0 Å². The summed E-state index contributed by atoms with van der Waals surface area (Å²) in [5, 5.41) is 0. The Labute approximate surface area is 85.3 Å². The van der Waals surface area contributed by atoms with Crippen LogP contribution in [0, 0.1) is 6.92 Å². The maximum atomic E-state index is 6.23. The summed E-state index contributed by atoms with van der Waals surface area (Å²) in [4.78, 5) is 0. The first-order chi connectivity index (χ1) is 6.72. The Morgan fingerprint density at radius 1 is 1.36 bits per heavy atom. The first kappa shape index (κ1) is 8.49. The lowest BCUT2D eigenvalue weighted by molar-refractivity contribution is 0.454. The van der Waals surface area contributed by atoms with Crippen molar-refractivity contribution in [3.05, 3.63) is 34.9 Å². The van der Waals surface area contributed by atoms with Gasteiger partial charge in [0, 0.05) is 11.5 Å². The Morgan fingerprint density at radius 3 is 2.86 bits per heavy atom. The molecule has 0 radical (unpaired) electrons. The van der Waals surface area contributed by atoms with Gasteiger partial charge in [0.15, 0.2) is 0 Å². The Bertz CT molecular complexity index is 377. The van der Waals surface area contributed by atoms with Crippen molar-refractivity contribution in [1.82, 2.24) is 0 Å². The average molecular weight is 187 g/mol. The quantitative estimate of drug-likeness (QED) is 0.662. The zero-order valence-corrected chi connectivity index (χ0v) is 8.72. The molecule has 0 heterocycles. The Hall–Kier alpha value is -0.820. The van der Waals surface area contributed by atoms with E-state index in [0.29, 0.717) is 11.5 Å². The van der Waals surface area contributed by atoms with Gasteiger partial charge < -0.3 is 5.73 Å². The standard InChI is InChI=1S/C13H17N/c1-9-2-4-11-10(8-9)3-5-12(14)13(11)6-7-13/h2,4,8,12H,3,5-7,14H2,1H3. The molecule has 1 fully saturated rings. The third-order valence-corrected chi connectivity index (χ3v) is 4.02. The molecule has 2 aliphatic rings. The summed E-state index contributed by atoms with van der Waals surface area (Å²) in [5.41, 5.74) is 11.1. The molecule has 1 heteroatoms. The minimum atomic E-state index is 0.390. The normalized spacial score (nSPS) is 27.4. The lowest BCUT2D eigenvalue weighted by atomic mass is 9.76. The van der Waals surface area contributed by atoms with Crippen LogP contribution in [0.3, 0.4) is 0 Å². The molecule has 1 atom stereocenters. The fraction of sp³-hybridized carbons (Fsp3) is 0.538. The van der Waals surface area contributed by atoms with Crippen molar-refractivity contribution in [3.63, 3.8) is 0 Å². The first-order valence-electron chi connectivity index (χ1n) is 5.58. The highest BCUT2D eigenvalue weighted by Gasteiger charge is 2.51. The fourth-order valence-electron chi connectivity index (χ4n) is 2.98. The molecule has 0 bridgehead atoms. The van der Waals surface area contributed by atoms with Gasteiger partial charge in [0.2, 0.25) is 0 Å². The van der Waals surface area contributed by atoms with E-state index in [0.717, 1.165) is 0 Å². The summed E-state index contributed by atoms with van der Waals surface area (Å²) in [6.07, 6.45) is 4.98. The van der Waals surface area contributed by atoms with Crippen molar-refractivity contribution >= 4 is 0 Å². The van der Waals surface area contributed by atoms with Gasteiger partial charge in [-0.1, -0.05) is 23.8 Å². The van der Waals surface area contributed by atoms with E-state index in [1.54, 1.807) is 11.1 Å². The second-order valence-corrected chi connectivity index (χ2v) is 4.96. The van der Waals surface area contributed by atoms with Crippen molar-refractivity contribution in [2.24, 2.45) is 5.73 Å². The second-order valence-electron chi connectivity index (χ2n) is 4.96. The van der Waals surface area contributed by atoms with Gasteiger partial charge in [0.05, 0.1) is 0 Å². The highest BCUT2D eigenvalue weighted by Crippen LogP contribution is 2.54. The van der Waals surface area contributed by atoms with Gasteiger partial charge in [0.1, 0.15) is 0 Å². The molecule has 0 aliphatic heterocycles. The van der Waals surface area contributed by atoms with Crippen LogP contribution in [0.4, 0.5) is 0 Å². The molecule has 1 spiro atoms. The van der Waals surface area contributed by atoms with Gasteiger partial charge in [-0.15, -0.1) is 0 Å². The molecule has 14 heavy (non-hydrogen) atoms. The van der Waals surface area contributed by atoms with E-state index in [-0.39, 0.29) is 0 Å². The lowest BCUT2D eigenvalue weighted by Crippen LogP contribution is -2.39. The predicted molar refractivity (Wildman–Crippen MR) is 58.4 cm³/mol. The summed E-state index contributed by atoms with van der Waals surface area (Å²) in [5.74, 6) is 0. The molecule has 1 aromatic rings. The Kier molecular flexibility index (Phi) is 1.58. The molecule has 0 amide bonds. The molecule has 1 nitrogen and oxygen atoms in total. The monoisotopic (exact) mass is 187 g/mol. The lowest BCUT2D eigenvalue weighted by Gasteiger charge is -2.31. The fourth-order valence-corrected chi connectivity index (χ4v) is 2.98. The first-order valence-corrected chi connectivity index (χ1v) is 5.58. The Morgan fingerprint density at radius 2 is 2.14 bits per heavy atom. The Balaban J connectivity index is 2.14. The van der Waals surface area contributed by atoms with Gasteiger partial charge in [-0.2, -0.15) is 0 Å². The topological polar surface area (TPSA) is 26.0 Å². The van der Waals surface area contributed by atoms with Crippen LogP contribution in [-0.4, -0.2) is 6.04 Å². The van der Waals surface area contributed by atoms with Crippen LogP contribution >= 0.6 is 0 Å². The highest BCUT2D eigenvalue weighted by molar-refractivity contribution is 5.44. The number of fused-ring (bicyclic) bond motifs is 2. The largest absolute Gasteiger partial charge is 0.327 e. The molecule has 2 aliphatic carbocycles. The van der Waals surface area contributed by atoms with E-state index in [2.05, 4.69) is 25.1 Å². The molecule has 0 saturated heterocycles. The number of hydrogen-bond acceptors (Lipinski definition) is 1. The van der Waals surface area contributed by atoms with Crippen LogP contribution in [0.5, 0.6) is 0 Å². The summed E-state index contributed by atoms with van der Waals surface area (Å²) in [6.45, 7) is 2.17. The average Bonchev–Trinajstić information content (AvgIpc) is 2.94. The van der Waals surface area contributed by atoms with Crippen molar-refractivity contribution in [2.75, 3.05) is 0 Å². The number of benzene rings is 1. The molecule has 2 N–H and O–H groups in total. The van der Waals surface area contributed by atoms with Crippen LogP contribution in [0.15, 0.2) is 18.2 Å². The summed E-state index contributed by atoms with van der Waals surface area (Å²) in [6, 6.07) is 7.31.